The van der Waals surface area contributed by atoms with Crippen LogP contribution in [0.25, 0.3) is 11.0 Å². The molecule has 184 valence electrons. The maximum Gasteiger partial charge on any atom is 0.359 e. The third-order valence-corrected chi connectivity index (χ3v) is 7.70. The van der Waals surface area contributed by atoms with Crippen molar-refractivity contribution in [2.45, 2.75) is 62.1 Å². The molecule has 0 amide bonds. The first-order valence-corrected chi connectivity index (χ1v) is 12.4. The molecule has 4 rings (SSSR count). The van der Waals surface area contributed by atoms with E-state index in [1.807, 2.05) is 0 Å². The molecule has 5 N–H and O–H groups in total. The molecular weight excluding hydrogens is 481 g/mol. The zero-order valence-corrected chi connectivity index (χ0v) is 19.7. The van der Waals surface area contributed by atoms with Gasteiger partial charge in [0, 0.05) is 13.2 Å². The third-order valence-electron chi connectivity index (χ3n) is 6.04. The van der Waals surface area contributed by atoms with Gasteiger partial charge in [-0.25, -0.2) is 4.68 Å². The molecule has 5 atom stereocenters. The van der Waals surface area contributed by atoms with Crippen molar-refractivity contribution in [2.75, 3.05) is 25.6 Å². The van der Waals surface area contributed by atoms with E-state index in [-0.39, 0.29) is 17.9 Å². The van der Waals surface area contributed by atoms with Gasteiger partial charge < -0.3 is 39.5 Å². The van der Waals surface area contributed by atoms with Crippen molar-refractivity contribution in [2.24, 2.45) is 0 Å². The van der Waals surface area contributed by atoms with E-state index >= 15 is 0 Å². The highest BCUT2D eigenvalue weighted by molar-refractivity contribution is 7.53. The fourth-order valence-corrected chi connectivity index (χ4v) is 4.45. The highest BCUT2D eigenvalue weighted by Gasteiger charge is 2.49. The molecule has 33 heavy (non-hydrogen) atoms. The Morgan fingerprint density at radius 2 is 2.06 bits per heavy atom. The number of methoxy groups -OCH3 is 1. The SMILES string of the molecule is COCC(C)(OC[C@H]1O[C@@H](n2ncc3c(NC4CCC4)nc(Cl)nc32)[C@H](O)[C@@H]1O)P(=O)(O)O. The Morgan fingerprint density at radius 3 is 2.67 bits per heavy atom. The molecule has 2 aliphatic rings. The minimum Gasteiger partial charge on any atom is -0.387 e. The lowest BCUT2D eigenvalue weighted by molar-refractivity contribution is -0.107. The number of aliphatic hydroxyl groups is 2. The van der Waals surface area contributed by atoms with Gasteiger partial charge in [0.25, 0.3) is 0 Å². The zero-order valence-electron chi connectivity index (χ0n) is 18.0. The summed E-state index contributed by atoms with van der Waals surface area (Å²) in [7, 11) is -3.44. The van der Waals surface area contributed by atoms with Gasteiger partial charge in [0.1, 0.15) is 24.1 Å². The summed E-state index contributed by atoms with van der Waals surface area (Å²) >= 11 is 6.11. The van der Waals surface area contributed by atoms with Crippen molar-refractivity contribution in [1.82, 2.24) is 19.7 Å². The number of fused-ring (bicyclic) bond motifs is 1. The normalized spacial score (nSPS) is 28.1. The molecule has 1 saturated carbocycles. The monoisotopic (exact) mass is 507 g/mol. The highest BCUT2D eigenvalue weighted by Crippen LogP contribution is 2.51. The second kappa shape index (κ2) is 9.33. The average molecular weight is 508 g/mol. The third kappa shape index (κ3) is 4.75. The molecule has 3 heterocycles. The van der Waals surface area contributed by atoms with Crippen LogP contribution in [0.5, 0.6) is 0 Å². The second-order valence-corrected chi connectivity index (χ2v) is 10.8. The van der Waals surface area contributed by atoms with Gasteiger partial charge in [0.15, 0.2) is 17.2 Å². The summed E-state index contributed by atoms with van der Waals surface area (Å²) in [5.74, 6) is 0.519. The first kappa shape index (κ1) is 24.7. The van der Waals surface area contributed by atoms with Gasteiger partial charge >= 0.3 is 7.60 Å². The van der Waals surface area contributed by atoms with Crippen LogP contribution < -0.4 is 5.32 Å². The number of ether oxygens (including phenoxy) is 3. The summed E-state index contributed by atoms with van der Waals surface area (Å²) in [5, 5.41) is 27.3. The first-order chi connectivity index (χ1) is 15.5. The van der Waals surface area contributed by atoms with Crippen LogP contribution in [0.1, 0.15) is 32.4 Å². The largest absolute Gasteiger partial charge is 0.387 e. The van der Waals surface area contributed by atoms with E-state index in [9.17, 15) is 24.6 Å². The smallest absolute Gasteiger partial charge is 0.359 e. The fourth-order valence-electron chi connectivity index (χ4n) is 3.75. The molecule has 1 aliphatic heterocycles. The van der Waals surface area contributed by atoms with Crippen molar-refractivity contribution in [1.29, 1.82) is 0 Å². The van der Waals surface area contributed by atoms with E-state index in [2.05, 4.69) is 20.4 Å². The lowest BCUT2D eigenvalue weighted by atomic mass is 9.93. The van der Waals surface area contributed by atoms with Crippen LogP contribution in [0, 0.1) is 0 Å². The van der Waals surface area contributed by atoms with Crippen molar-refractivity contribution in [3.63, 3.8) is 0 Å². The number of anilines is 1. The van der Waals surface area contributed by atoms with Gasteiger partial charge in [0.05, 0.1) is 24.8 Å². The Morgan fingerprint density at radius 1 is 1.33 bits per heavy atom. The van der Waals surface area contributed by atoms with Gasteiger partial charge in [-0.1, -0.05) is 0 Å². The van der Waals surface area contributed by atoms with Crippen molar-refractivity contribution in [3.05, 3.63) is 11.5 Å². The van der Waals surface area contributed by atoms with E-state index in [1.54, 1.807) is 0 Å². The predicted molar refractivity (Wildman–Crippen MR) is 116 cm³/mol. The Hall–Kier alpha value is -1.41. The van der Waals surface area contributed by atoms with Crippen LogP contribution in [0.4, 0.5) is 5.82 Å². The fraction of sp³-hybridized carbons (Fsp3) is 0.722. The number of aromatic nitrogens is 4. The molecule has 0 aromatic carbocycles. The summed E-state index contributed by atoms with van der Waals surface area (Å²) in [6.07, 6.45) is -0.381. The van der Waals surface area contributed by atoms with Crippen LogP contribution in [0.2, 0.25) is 5.28 Å². The molecule has 13 nitrogen and oxygen atoms in total. The van der Waals surface area contributed by atoms with Crippen LogP contribution in [-0.2, 0) is 18.8 Å². The molecule has 1 unspecified atom stereocenters. The topological polar surface area (TPSA) is 181 Å². The van der Waals surface area contributed by atoms with Crippen molar-refractivity contribution >= 4 is 36.0 Å². The summed E-state index contributed by atoms with van der Waals surface area (Å²) in [6, 6.07) is 0.287. The predicted octanol–water partition coefficient (Wildman–Crippen LogP) is 0.620. The van der Waals surface area contributed by atoms with Crippen LogP contribution in [0.15, 0.2) is 6.20 Å². The number of halogens is 1. The van der Waals surface area contributed by atoms with E-state index < -0.39 is 44.1 Å². The maximum absolute atomic E-state index is 11.8. The molecule has 1 saturated heterocycles. The summed E-state index contributed by atoms with van der Waals surface area (Å²) in [6.45, 7) is 0.397. The molecular formula is C18H27ClN5O8P. The van der Waals surface area contributed by atoms with Crippen molar-refractivity contribution in [3.8, 4) is 0 Å². The minimum atomic E-state index is -4.72. The van der Waals surface area contributed by atoms with Crippen LogP contribution in [-0.4, -0.2) is 89.8 Å². The lowest BCUT2D eigenvalue weighted by Gasteiger charge is -2.31. The highest BCUT2D eigenvalue weighted by atomic mass is 35.5. The summed E-state index contributed by atoms with van der Waals surface area (Å²) in [4.78, 5) is 27.7. The molecule has 2 aromatic rings. The van der Waals surface area contributed by atoms with E-state index in [4.69, 9.17) is 25.8 Å². The van der Waals surface area contributed by atoms with Gasteiger partial charge in [-0.15, -0.1) is 0 Å². The Labute approximate surface area is 194 Å². The van der Waals surface area contributed by atoms with Gasteiger partial charge in [-0.3, -0.25) is 4.57 Å². The molecule has 2 aromatic heterocycles. The van der Waals surface area contributed by atoms with Crippen LogP contribution in [0.3, 0.4) is 0 Å². The maximum atomic E-state index is 11.8. The lowest BCUT2D eigenvalue weighted by Crippen LogP contribution is -2.40. The number of rotatable bonds is 9. The molecule has 0 bridgehead atoms. The number of aliphatic hydroxyl groups excluding tert-OH is 2. The molecule has 2 fully saturated rings. The Bertz CT molecular complexity index is 1050. The van der Waals surface area contributed by atoms with Gasteiger partial charge in [-0.2, -0.15) is 15.1 Å². The van der Waals surface area contributed by atoms with Crippen LogP contribution >= 0.6 is 19.2 Å². The molecule has 0 spiro atoms. The Balaban J connectivity index is 1.55. The van der Waals surface area contributed by atoms with E-state index in [0.717, 1.165) is 19.3 Å². The quantitative estimate of drug-likeness (QED) is 0.236. The van der Waals surface area contributed by atoms with E-state index in [0.29, 0.717) is 16.9 Å². The first-order valence-electron chi connectivity index (χ1n) is 10.4. The molecule has 15 heteroatoms. The zero-order chi connectivity index (χ0) is 24.0. The number of nitrogens with one attached hydrogen (secondary N) is 1. The Kier molecular flexibility index (Phi) is 6.98. The summed E-state index contributed by atoms with van der Waals surface area (Å²) in [5.41, 5.74) is 0.300. The minimum absolute atomic E-state index is 0.0176. The van der Waals surface area contributed by atoms with Gasteiger partial charge in [-0.05, 0) is 37.8 Å². The van der Waals surface area contributed by atoms with Gasteiger partial charge in [0.2, 0.25) is 5.28 Å². The summed E-state index contributed by atoms with van der Waals surface area (Å²) < 4.78 is 29.2. The van der Waals surface area contributed by atoms with E-state index in [1.165, 1.54) is 24.9 Å². The molecule has 1 aliphatic carbocycles. The average Bonchev–Trinajstić information content (AvgIpc) is 3.24. The number of nitrogens with zero attached hydrogens (tertiary/aromatic N) is 4. The molecule has 0 radical (unpaired) electrons. The standard InChI is InChI=1S/C18H27ClN5O8P/c1-18(8-30-2,33(27,28)29)31-7-11-12(25)13(26)16(32-11)24-15-10(6-20-24)14(22-17(19)23-15)21-9-4-3-5-9/h6,9,11-13,16,25-26H,3-5,7-8H2,1-2H3,(H,21,22,23)(H2,27,28,29)/t11-,12-,13-,16-,18?/m1/s1. The number of hydrogen-bond acceptors (Lipinski definition) is 10. The number of hydrogen-bond donors (Lipinski definition) is 5. The van der Waals surface area contributed by atoms with Crippen molar-refractivity contribution < 1.29 is 38.8 Å². The second-order valence-electron chi connectivity index (χ2n) is 8.45.